The second-order valence-corrected chi connectivity index (χ2v) is 11.4. The number of hydrogen-bond acceptors (Lipinski definition) is 0. The maximum Gasteiger partial charge on any atom is 0.0854 e. The van der Waals surface area contributed by atoms with Crippen molar-refractivity contribution in [3.8, 4) is 0 Å². The van der Waals surface area contributed by atoms with Gasteiger partial charge < -0.3 is 0 Å². The lowest BCUT2D eigenvalue weighted by Crippen LogP contribution is -2.19. The zero-order valence-electron chi connectivity index (χ0n) is 8.34. The molecule has 0 N–H and O–H groups in total. The Morgan fingerprint density at radius 3 is 2.15 bits per heavy atom. The molecular weight excluding hydrogens is 287 g/mol. The van der Waals surface area contributed by atoms with Crippen LogP contribution in [0.15, 0.2) is 33.5 Å². The highest BCUT2D eigenvalue weighted by molar-refractivity contribution is 14.1. The Labute approximate surface area is 95.2 Å². The zero-order valence-corrected chi connectivity index (χ0v) is 11.5. The largest absolute Gasteiger partial charge is 0.0854 e. The van der Waals surface area contributed by atoms with Crippen LogP contribution < -0.4 is 0 Å². The number of rotatable bonds is 2. The predicted octanol–water partition coefficient (Wildman–Crippen LogP) is 4.34. The Bertz CT molecular complexity index is 296. The van der Waals surface area contributed by atoms with E-state index in [4.69, 9.17) is 0 Å². The molecule has 1 aromatic rings. The van der Waals surface area contributed by atoms with Crippen LogP contribution in [0.4, 0.5) is 0 Å². The molecule has 0 radical (unpaired) electrons. The molecular formula is C11H15ISi. The Balaban J connectivity index is 2.90. The van der Waals surface area contributed by atoms with Crippen LogP contribution in [0.1, 0.15) is 5.56 Å². The minimum Gasteiger partial charge on any atom is -0.0652 e. The summed E-state index contributed by atoms with van der Waals surface area (Å²) in [5.74, 6) is 0. The Morgan fingerprint density at radius 2 is 1.69 bits per heavy atom. The maximum absolute atomic E-state index is 2.47. The maximum atomic E-state index is 2.47. The summed E-state index contributed by atoms with van der Waals surface area (Å²) >= 11 is 2.47. The lowest BCUT2D eigenvalue weighted by atomic mass is 10.2. The van der Waals surface area contributed by atoms with Crippen LogP contribution in [0.2, 0.25) is 19.6 Å². The predicted molar refractivity (Wildman–Crippen MR) is 71.8 cm³/mol. The summed E-state index contributed by atoms with van der Waals surface area (Å²) in [4.78, 5) is 0. The molecule has 0 saturated heterocycles. The fourth-order valence-corrected chi connectivity index (χ4v) is 1.87. The Kier molecular flexibility index (Phi) is 3.73. The number of benzene rings is 1. The molecule has 0 atom stereocenters. The van der Waals surface area contributed by atoms with Gasteiger partial charge in [-0.3, -0.25) is 0 Å². The molecule has 0 amide bonds. The third-order valence-corrected chi connectivity index (χ3v) is 8.55. The lowest BCUT2D eigenvalue weighted by Gasteiger charge is -2.14. The van der Waals surface area contributed by atoms with Gasteiger partial charge in [0.25, 0.3) is 0 Å². The van der Waals surface area contributed by atoms with Gasteiger partial charge in [0.15, 0.2) is 0 Å². The molecule has 0 nitrogen and oxygen atoms in total. The average molecular weight is 302 g/mol. The van der Waals surface area contributed by atoms with Crippen molar-refractivity contribution in [2.45, 2.75) is 19.6 Å². The van der Waals surface area contributed by atoms with Crippen molar-refractivity contribution in [2.75, 3.05) is 0 Å². The third kappa shape index (κ3) is 3.64. The molecule has 0 heterocycles. The van der Waals surface area contributed by atoms with Gasteiger partial charge in [0.2, 0.25) is 0 Å². The SMILES string of the molecule is C[Si](C)(C)/C(I)=C\c1ccccc1. The summed E-state index contributed by atoms with van der Waals surface area (Å²) < 4.78 is 1.52. The van der Waals surface area contributed by atoms with Crippen molar-refractivity contribution in [1.29, 1.82) is 0 Å². The third-order valence-electron chi connectivity index (χ3n) is 1.81. The van der Waals surface area contributed by atoms with Gasteiger partial charge in [-0.2, -0.15) is 0 Å². The van der Waals surface area contributed by atoms with E-state index in [-0.39, 0.29) is 0 Å². The van der Waals surface area contributed by atoms with E-state index in [0.717, 1.165) is 0 Å². The Hall–Kier alpha value is -0.0931. The molecule has 0 bridgehead atoms. The van der Waals surface area contributed by atoms with E-state index in [1.807, 2.05) is 0 Å². The first-order valence-electron chi connectivity index (χ1n) is 4.43. The summed E-state index contributed by atoms with van der Waals surface area (Å²) in [6.07, 6.45) is 2.30. The van der Waals surface area contributed by atoms with Crippen LogP contribution in [0.3, 0.4) is 0 Å². The van der Waals surface area contributed by atoms with Crippen LogP contribution in [0.5, 0.6) is 0 Å². The smallest absolute Gasteiger partial charge is 0.0652 e. The van der Waals surface area contributed by atoms with Crippen molar-refractivity contribution in [1.82, 2.24) is 0 Å². The van der Waals surface area contributed by atoms with E-state index in [1.54, 1.807) is 0 Å². The van der Waals surface area contributed by atoms with E-state index in [0.29, 0.717) is 0 Å². The summed E-state index contributed by atoms with van der Waals surface area (Å²) in [6.45, 7) is 7.11. The molecule has 0 fully saturated rings. The number of halogens is 1. The minimum absolute atomic E-state index is 1.10. The van der Waals surface area contributed by atoms with Crippen LogP contribution in [-0.4, -0.2) is 8.07 Å². The second kappa shape index (κ2) is 4.42. The zero-order chi connectivity index (χ0) is 9.90. The van der Waals surface area contributed by atoms with Crippen LogP contribution in [0, 0.1) is 0 Å². The van der Waals surface area contributed by atoms with E-state index < -0.39 is 8.07 Å². The van der Waals surface area contributed by atoms with Crippen molar-refractivity contribution >= 4 is 36.7 Å². The topological polar surface area (TPSA) is 0 Å². The van der Waals surface area contributed by atoms with Gasteiger partial charge in [-0.25, -0.2) is 0 Å². The molecule has 0 aliphatic heterocycles. The van der Waals surface area contributed by atoms with E-state index in [9.17, 15) is 0 Å². The lowest BCUT2D eigenvalue weighted by molar-refractivity contribution is 1.66. The van der Waals surface area contributed by atoms with Gasteiger partial charge in [0, 0.05) is 0 Å². The first-order valence-corrected chi connectivity index (χ1v) is 9.01. The van der Waals surface area contributed by atoms with Gasteiger partial charge in [-0.05, 0) is 14.8 Å². The van der Waals surface area contributed by atoms with Crippen molar-refractivity contribution < 1.29 is 0 Å². The molecule has 1 aromatic carbocycles. The highest BCUT2D eigenvalue weighted by atomic mass is 127. The molecule has 13 heavy (non-hydrogen) atoms. The fourth-order valence-electron chi connectivity index (χ4n) is 0.912. The quantitative estimate of drug-likeness (QED) is 0.563. The molecule has 0 aliphatic rings. The molecule has 0 aliphatic carbocycles. The van der Waals surface area contributed by atoms with Crippen molar-refractivity contribution in [3.63, 3.8) is 0 Å². The summed E-state index contributed by atoms with van der Waals surface area (Å²) in [6, 6.07) is 10.5. The van der Waals surface area contributed by atoms with Gasteiger partial charge in [0.05, 0.1) is 8.07 Å². The number of hydrogen-bond donors (Lipinski definition) is 0. The van der Waals surface area contributed by atoms with Crippen molar-refractivity contribution in [3.05, 3.63) is 39.1 Å². The highest BCUT2D eigenvalue weighted by Crippen LogP contribution is 2.23. The molecule has 0 saturated carbocycles. The first-order chi connectivity index (χ1) is 6.00. The van der Waals surface area contributed by atoms with Gasteiger partial charge in [-0.1, -0.05) is 72.6 Å². The monoisotopic (exact) mass is 302 g/mol. The van der Waals surface area contributed by atoms with Crippen molar-refractivity contribution in [2.24, 2.45) is 0 Å². The van der Waals surface area contributed by atoms with Crippen LogP contribution in [0.25, 0.3) is 6.08 Å². The normalized spacial score (nSPS) is 13.1. The highest BCUT2D eigenvalue weighted by Gasteiger charge is 2.16. The summed E-state index contributed by atoms with van der Waals surface area (Å²) in [7, 11) is -1.10. The molecule has 70 valence electrons. The second-order valence-electron chi connectivity index (χ2n) is 4.15. The summed E-state index contributed by atoms with van der Waals surface area (Å²) in [5.41, 5.74) is 1.31. The summed E-state index contributed by atoms with van der Waals surface area (Å²) in [5, 5.41) is 0. The minimum atomic E-state index is -1.10. The molecule has 2 heteroatoms. The van der Waals surface area contributed by atoms with Gasteiger partial charge in [0.1, 0.15) is 0 Å². The molecule has 0 spiro atoms. The van der Waals surface area contributed by atoms with Gasteiger partial charge >= 0.3 is 0 Å². The van der Waals surface area contributed by atoms with E-state index >= 15 is 0 Å². The van der Waals surface area contributed by atoms with E-state index in [2.05, 4.69) is 78.6 Å². The van der Waals surface area contributed by atoms with Crippen LogP contribution >= 0.6 is 22.6 Å². The molecule has 1 rings (SSSR count). The van der Waals surface area contributed by atoms with E-state index in [1.165, 1.54) is 8.77 Å². The first kappa shape index (κ1) is 11.0. The van der Waals surface area contributed by atoms with Gasteiger partial charge in [-0.15, -0.1) is 0 Å². The molecule has 0 unspecified atom stereocenters. The average Bonchev–Trinajstić information content (AvgIpc) is 2.04. The van der Waals surface area contributed by atoms with Crippen LogP contribution in [-0.2, 0) is 0 Å². The standard InChI is InChI=1S/C11H15ISi/c1-13(2,3)11(12)9-10-7-5-4-6-8-10/h4-9H,1-3H3/b11-9-. The Morgan fingerprint density at radius 1 is 1.15 bits per heavy atom. The fraction of sp³-hybridized carbons (Fsp3) is 0.273. The molecule has 0 aromatic heterocycles.